The molecule has 28 heavy (non-hydrogen) atoms. The molecule has 0 aromatic heterocycles. The molecule has 2 aromatic carbocycles. The first kappa shape index (κ1) is 21.4. The smallest absolute Gasteiger partial charge is 0.418 e. The van der Waals surface area contributed by atoms with Crippen LogP contribution in [0.2, 0.25) is 0 Å². The van der Waals surface area contributed by atoms with Gasteiger partial charge in [-0.05, 0) is 45.0 Å². The van der Waals surface area contributed by atoms with Gasteiger partial charge in [0.25, 0.3) is 5.91 Å². The van der Waals surface area contributed by atoms with Crippen LogP contribution in [-0.4, -0.2) is 25.7 Å². The van der Waals surface area contributed by atoms with E-state index in [9.17, 15) is 18.0 Å². The third-order valence-electron chi connectivity index (χ3n) is 3.65. The molecule has 1 N–H and O–H groups in total. The molecular formula is C20H22F3NO4. The SMILES string of the molecule is CCOc1cc(C(=O)Nc2ccccc2C(F)(F)F)cc(OCC)c1OCC. The fourth-order valence-electron chi connectivity index (χ4n) is 2.55. The summed E-state index contributed by atoms with van der Waals surface area (Å²) in [5.41, 5.74) is -1.17. The van der Waals surface area contributed by atoms with Gasteiger partial charge in [0.2, 0.25) is 5.75 Å². The van der Waals surface area contributed by atoms with Crippen molar-refractivity contribution in [2.45, 2.75) is 26.9 Å². The van der Waals surface area contributed by atoms with Crippen LogP contribution in [0.1, 0.15) is 36.7 Å². The number of benzene rings is 2. The third-order valence-corrected chi connectivity index (χ3v) is 3.65. The van der Waals surface area contributed by atoms with Crippen LogP contribution in [0.3, 0.4) is 0 Å². The summed E-state index contributed by atoms with van der Waals surface area (Å²) in [5.74, 6) is 0.189. The lowest BCUT2D eigenvalue weighted by atomic mass is 10.1. The summed E-state index contributed by atoms with van der Waals surface area (Å²) in [4.78, 5) is 12.6. The molecule has 0 saturated heterocycles. The fraction of sp³-hybridized carbons (Fsp3) is 0.350. The van der Waals surface area contributed by atoms with E-state index in [2.05, 4.69) is 5.32 Å². The Kier molecular flexibility index (Phi) is 7.14. The van der Waals surface area contributed by atoms with Gasteiger partial charge >= 0.3 is 6.18 Å². The van der Waals surface area contributed by atoms with Crippen molar-refractivity contribution in [3.8, 4) is 17.2 Å². The van der Waals surface area contributed by atoms with Crippen molar-refractivity contribution in [2.75, 3.05) is 25.1 Å². The Balaban J connectivity index is 2.43. The number of ether oxygens (including phenoxy) is 3. The molecule has 0 unspecified atom stereocenters. The van der Waals surface area contributed by atoms with E-state index < -0.39 is 17.6 Å². The number of alkyl halides is 3. The Morgan fingerprint density at radius 1 is 0.929 bits per heavy atom. The van der Waals surface area contributed by atoms with Crippen LogP contribution in [0, 0.1) is 0 Å². The summed E-state index contributed by atoms with van der Waals surface area (Å²) >= 11 is 0. The van der Waals surface area contributed by atoms with E-state index in [1.807, 2.05) is 0 Å². The Labute approximate surface area is 161 Å². The predicted molar refractivity (Wildman–Crippen MR) is 99.3 cm³/mol. The van der Waals surface area contributed by atoms with E-state index in [0.29, 0.717) is 25.6 Å². The molecule has 0 aliphatic rings. The minimum absolute atomic E-state index is 0.0901. The molecule has 8 heteroatoms. The van der Waals surface area contributed by atoms with E-state index in [0.717, 1.165) is 6.07 Å². The van der Waals surface area contributed by atoms with Gasteiger partial charge in [-0.25, -0.2) is 0 Å². The van der Waals surface area contributed by atoms with Crippen molar-refractivity contribution in [3.63, 3.8) is 0 Å². The lowest BCUT2D eigenvalue weighted by Gasteiger charge is -2.18. The fourth-order valence-corrected chi connectivity index (χ4v) is 2.55. The normalized spacial score (nSPS) is 11.1. The molecule has 0 radical (unpaired) electrons. The van der Waals surface area contributed by atoms with Gasteiger partial charge in [-0.15, -0.1) is 0 Å². The first-order chi connectivity index (χ1) is 13.3. The van der Waals surface area contributed by atoms with Crippen LogP contribution in [0.5, 0.6) is 17.2 Å². The van der Waals surface area contributed by atoms with E-state index in [1.165, 1.54) is 30.3 Å². The van der Waals surface area contributed by atoms with Gasteiger partial charge in [-0.2, -0.15) is 13.2 Å². The highest BCUT2D eigenvalue weighted by atomic mass is 19.4. The largest absolute Gasteiger partial charge is 0.490 e. The highest BCUT2D eigenvalue weighted by Crippen LogP contribution is 2.40. The summed E-state index contributed by atoms with van der Waals surface area (Å²) in [6.07, 6.45) is -4.59. The van der Waals surface area contributed by atoms with Gasteiger partial charge in [-0.3, -0.25) is 4.79 Å². The number of nitrogens with one attached hydrogen (secondary N) is 1. The highest BCUT2D eigenvalue weighted by Gasteiger charge is 2.33. The summed E-state index contributed by atoms with van der Waals surface area (Å²) in [6.45, 7) is 6.30. The number of amides is 1. The predicted octanol–water partition coefficient (Wildman–Crippen LogP) is 5.15. The molecule has 2 rings (SSSR count). The van der Waals surface area contributed by atoms with Gasteiger partial charge in [-0.1, -0.05) is 12.1 Å². The van der Waals surface area contributed by atoms with Crippen LogP contribution in [-0.2, 0) is 6.18 Å². The maximum Gasteiger partial charge on any atom is 0.418 e. The van der Waals surface area contributed by atoms with E-state index in [-0.39, 0.29) is 22.7 Å². The zero-order valence-corrected chi connectivity index (χ0v) is 15.9. The molecular weight excluding hydrogens is 375 g/mol. The van der Waals surface area contributed by atoms with Crippen LogP contribution >= 0.6 is 0 Å². The quantitative estimate of drug-likeness (QED) is 0.669. The highest BCUT2D eigenvalue weighted by molar-refractivity contribution is 6.05. The summed E-state index contributed by atoms with van der Waals surface area (Å²) < 4.78 is 56.1. The van der Waals surface area contributed by atoms with Crippen molar-refractivity contribution in [1.29, 1.82) is 0 Å². The summed E-state index contributed by atoms with van der Waals surface area (Å²) in [6, 6.07) is 7.62. The maximum absolute atomic E-state index is 13.2. The Morgan fingerprint density at radius 2 is 1.46 bits per heavy atom. The second-order valence-corrected chi connectivity index (χ2v) is 5.60. The molecule has 0 heterocycles. The van der Waals surface area contributed by atoms with Crippen molar-refractivity contribution < 1.29 is 32.2 Å². The van der Waals surface area contributed by atoms with E-state index in [4.69, 9.17) is 14.2 Å². The average Bonchev–Trinajstić information content (AvgIpc) is 2.64. The Hall–Kier alpha value is -2.90. The van der Waals surface area contributed by atoms with Crippen LogP contribution < -0.4 is 19.5 Å². The molecule has 0 spiro atoms. The van der Waals surface area contributed by atoms with Gasteiger partial charge in [0.1, 0.15) is 0 Å². The minimum atomic E-state index is -4.59. The second-order valence-electron chi connectivity index (χ2n) is 5.60. The summed E-state index contributed by atoms with van der Waals surface area (Å²) in [7, 11) is 0. The molecule has 0 atom stereocenters. The van der Waals surface area contributed by atoms with Crippen LogP contribution in [0.25, 0.3) is 0 Å². The first-order valence-corrected chi connectivity index (χ1v) is 8.85. The van der Waals surface area contributed by atoms with E-state index >= 15 is 0 Å². The van der Waals surface area contributed by atoms with Gasteiger partial charge in [0, 0.05) is 5.56 Å². The second kappa shape index (κ2) is 9.34. The lowest BCUT2D eigenvalue weighted by Crippen LogP contribution is -2.17. The van der Waals surface area contributed by atoms with Crippen LogP contribution in [0.15, 0.2) is 36.4 Å². The van der Waals surface area contributed by atoms with Crippen LogP contribution in [0.4, 0.5) is 18.9 Å². The number of carbonyl (C=O) groups excluding carboxylic acids is 1. The first-order valence-electron chi connectivity index (χ1n) is 8.85. The molecule has 1 amide bonds. The Bertz CT molecular complexity index is 794. The van der Waals surface area contributed by atoms with Crippen molar-refractivity contribution in [2.24, 2.45) is 0 Å². The van der Waals surface area contributed by atoms with Gasteiger partial charge in [0.15, 0.2) is 11.5 Å². The van der Waals surface area contributed by atoms with E-state index in [1.54, 1.807) is 20.8 Å². The average molecular weight is 397 g/mol. The number of halogens is 3. The van der Waals surface area contributed by atoms with Crippen molar-refractivity contribution in [3.05, 3.63) is 47.5 Å². The topological polar surface area (TPSA) is 56.8 Å². The lowest BCUT2D eigenvalue weighted by molar-refractivity contribution is -0.136. The molecule has 0 aliphatic carbocycles. The molecule has 0 saturated carbocycles. The zero-order chi connectivity index (χ0) is 20.7. The van der Waals surface area contributed by atoms with Crippen molar-refractivity contribution in [1.82, 2.24) is 0 Å². The standard InChI is InChI=1S/C20H22F3NO4/c1-4-26-16-11-13(12-17(27-5-2)18(16)28-6-3)19(25)24-15-10-8-7-9-14(15)20(21,22)23/h7-12H,4-6H2,1-3H3,(H,24,25). The van der Waals surface area contributed by atoms with Crippen molar-refractivity contribution >= 4 is 11.6 Å². The molecule has 0 bridgehead atoms. The molecule has 0 fully saturated rings. The molecule has 152 valence electrons. The molecule has 2 aromatic rings. The maximum atomic E-state index is 13.2. The Morgan fingerprint density at radius 3 is 1.96 bits per heavy atom. The minimum Gasteiger partial charge on any atom is -0.490 e. The zero-order valence-electron chi connectivity index (χ0n) is 15.9. The number of hydrogen-bond donors (Lipinski definition) is 1. The van der Waals surface area contributed by atoms with Gasteiger partial charge in [0.05, 0.1) is 31.1 Å². The third kappa shape index (κ3) is 5.09. The molecule has 5 nitrogen and oxygen atoms in total. The molecule has 0 aliphatic heterocycles. The number of para-hydroxylation sites is 1. The number of carbonyl (C=O) groups is 1. The summed E-state index contributed by atoms with van der Waals surface area (Å²) in [5, 5.41) is 2.31. The number of rotatable bonds is 8. The van der Waals surface area contributed by atoms with Gasteiger partial charge < -0.3 is 19.5 Å². The number of anilines is 1. The number of hydrogen-bond acceptors (Lipinski definition) is 4. The monoisotopic (exact) mass is 397 g/mol.